The lowest BCUT2D eigenvalue weighted by molar-refractivity contribution is -0.265. The lowest BCUT2D eigenvalue weighted by Gasteiger charge is -2.32. The van der Waals surface area contributed by atoms with E-state index < -0.39 is 71.9 Å². The molecule has 5 rings (SSSR count). The Labute approximate surface area is 301 Å². The molecule has 1 N–H and O–H groups in total. The number of nitriles is 1. The van der Waals surface area contributed by atoms with Gasteiger partial charge in [-0.05, 0) is 83.3 Å². The minimum absolute atomic E-state index is 0.00260. The van der Waals surface area contributed by atoms with Crippen LogP contribution in [0.25, 0.3) is 11.0 Å². The van der Waals surface area contributed by atoms with E-state index in [0.717, 1.165) is 19.9 Å². The monoisotopic (exact) mass is 745 g/mol. The van der Waals surface area contributed by atoms with Gasteiger partial charge in [-0.15, -0.1) is 4.72 Å². The van der Waals surface area contributed by atoms with Crippen LogP contribution in [0.5, 0.6) is 0 Å². The summed E-state index contributed by atoms with van der Waals surface area (Å²) in [6, 6.07) is 13.0. The van der Waals surface area contributed by atoms with Crippen molar-refractivity contribution in [1.82, 2.24) is 19.2 Å². The Bertz CT molecular complexity index is 1810. The van der Waals surface area contributed by atoms with Crippen LogP contribution in [0.4, 0.5) is 13.2 Å². The summed E-state index contributed by atoms with van der Waals surface area (Å²) in [6.07, 6.45) is -3.70. The molecule has 2 aromatic carbocycles. The van der Waals surface area contributed by atoms with Crippen molar-refractivity contribution in [2.24, 2.45) is 5.41 Å². The Morgan fingerprint density at radius 2 is 1.67 bits per heavy atom. The molecule has 0 saturated heterocycles. The molecular formula is C36H46F3N5O5SSi. The predicted molar refractivity (Wildman–Crippen MR) is 191 cm³/mol. The molecule has 276 valence electrons. The zero-order chi connectivity index (χ0) is 37.7. The van der Waals surface area contributed by atoms with E-state index in [0.29, 0.717) is 36.0 Å². The average molecular weight is 746 g/mol. The number of carbonyl (C=O) groups excluding carboxylic acids is 2. The largest absolute Gasteiger partial charge is 0.598 e. The number of benzene rings is 2. The minimum atomic E-state index is -4.67. The number of rotatable bonds is 14. The summed E-state index contributed by atoms with van der Waals surface area (Å²) >= 11 is -1.73. The van der Waals surface area contributed by atoms with Crippen LogP contribution in [0.3, 0.4) is 0 Å². The first-order valence-corrected chi connectivity index (χ1v) is 21.8. The van der Waals surface area contributed by atoms with Gasteiger partial charge in [0.2, 0.25) is 0 Å². The molecule has 1 unspecified atom stereocenters. The first-order valence-electron chi connectivity index (χ1n) is 16.9. The molecule has 10 nitrogen and oxygen atoms in total. The summed E-state index contributed by atoms with van der Waals surface area (Å²) in [5.74, 6) is -0.727. The van der Waals surface area contributed by atoms with Crippen LogP contribution in [0.2, 0.25) is 25.7 Å². The van der Waals surface area contributed by atoms with Crippen LogP contribution in [0.15, 0.2) is 42.5 Å². The molecule has 15 heteroatoms. The lowest BCUT2D eigenvalue weighted by atomic mass is 9.89. The highest BCUT2D eigenvalue weighted by atomic mass is 32.2. The maximum atomic E-state index is 13.9. The van der Waals surface area contributed by atoms with Crippen molar-refractivity contribution in [3.8, 4) is 6.07 Å². The van der Waals surface area contributed by atoms with Gasteiger partial charge in [-0.1, -0.05) is 37.8 Å². The highest BCUT2D eigenvalue weighted by Crippen LogP contribution is 2.58. The molecule has 51 heavy (non-hydrogen) atoms. The second kappa shape index (κ2) is 13.9. The number of imide groups is 1. The van der Waals surface area contributed by atoms with Gasteiger partial charge in [0.05, 0.1) is 46.3 Å². The summed E-state index contributed by atoms with van der Waals surface area (Å²) in [4.78, 5) is 33.4. The zero-order valence-electron chi connectivity index (χ0n) is 30.3. The second-order valence-corrected chi connectivity index (χ2v) is 23.7. The van der Waals surface area contributed by atoms with Gasteiger partial charge in [-0.25, -0.2) is 4.98 Å². The van der Waals surface area contributed by atoms with Gasteiger partial charge in [-0.3, -0.25) is 14.5 Å². The van der Waals surface area contributed by atoms with Crippen LogP contribution >= 0.6 is 0 Å². The highest BCUT2D eigenvalue weighted by Gasteiger charge is 2.57. The Morgan fingerprint density at radius 1 is 1.06 bits per heavy atom. The number of imidazole rings is 1. The summed E-state index contributed by atoms with van der Waals surface area (Å²) in [5.41, 5.74) is -1.48. The number of fused-ring (bicyclic) bond motifs is 2. The van der Waals surface area contributed by atoms with E-state index in [1.807, 2.05) is 0 Å². The normalized spacial score (nSPS) is 18.1. The summed E-state index contributed by atoms with van der Waals surface area (Å²) < 4.78 is 70.6. The molecule has 0 spiro atoms. The zero-order valence-corrected chi connectivity index (χ0v) is 32.1. The van der Waals surface area contributed by atoms with Crippen molar-refractivity contribution in [3.63, 3.8) is 0 Å². The van der Waals surface area contributed by atoms with Crippen LogP contribution < -0.4 is 4.72 Å². The number of alkyl halides is 3. The molecule has 1 aliphatic heterocycles. The van der Waals surface area contributed by atoms with Crippen LogP contribution in [0.1, 0.15) is 91.6 Å². The highest BCUT2D eigenvalue weighted by molar-refractivity contribution is 7.90. The van der Waals surface area contributed by atoms with Crippen molar-refractivity contribution in [2.45, 2.75) is 108 Å². The second-order valence-electron chi connectivity index (χ2n) is 16.1. The quantitative estimate of drug-likeness (QED) is 0.0780. The van der Waals surface area contributed by atoms with E-state index in [9.17, 15) is 32.6 Å². The third-order valence-electron chi connectivity index (χ3n) is 9.36. The van der Waals surface area contributed by atoms with Gasteiger partial charge < -0.3 is 18.6 Å². The molecule has 1 fully saturated rings. The maximum absolute atomic E-state index is 13.9. The van der Waals surface area contributed by atoms with Crippen molar-refractivity contribution in [1.29, 1.82) is 5.26 Å². The molecule has 1 aliphatic carbocycles. The number of nitrogens with one attached hydrogen (secondary N) is 1. The van der Waals surface area contributed by atoms with Crippen molar-refractivity contribution >= 4 is 42.3 Å². The number of hydrogen-bond acceptors (Lipinski definition) is 8. The number of carbonyl (C=O) groups is 2. The number of hydrogen-bond donors (Lipinski definition) is 1. The lowest BCUT2D eigenvalue weighted by Crippen LogP contribution is -2.47. The fourth-order valence-corrected chi connectivity index (χ4v) is 7.39. The molecule has 2 heterocycles. The van der Waals surface area contributed by atoms with E-state index in [-0.39, 0.29) is 23.7 Å². The Hall–Kier alpha value is -3.26. The molecular weight excluding hydrogens is 700 g/mol. The van der Waals surface area contributed by atoms with Gasteiger partial charge in [0.25, 0.3) is 11.8 Å². The van der Waals surface area contributed by atoms with E-state index in [1.54, 1.807) is 67.8 Å². The number of nitrogens with zero attached hydrogens (tertiary/aromatic N) is 4. The van der Waals surface area contributed by atoms with Crippen molar-refractivity contribution in [3.05, 3.63) is 65.0 Å². The fourth-order valence-electron chi connectivity index (χ4n) is 5.85. The summed E-state index contributed by atoms with van der Waals surface area (Å²) in [7, 11) is -1.46. The predicted octanol–water partition coefficient (Wildman–Crippen LogP) is 7.44. The van der Waals surface area contributed by atoms with Gasteiger partial charge in [0, 0.05) is 26.0 Å². The van der Waals surface area contributed by atoms with Gasteiger partial charge in [0.1, 0.15) is 23.3 Å². The maximum Gasteiger partial charge on any atom is 0.416 e. The van der Waals surface area contributed by atoms with E-state index in [2.05, 4.69) is 30.4 Å². The van der Waals surface area contributed by atoms with E-state index in [1.165, 1.54) is 4.90 Å². The van der Waals surface area contributed by atoms with Crippen LogP contribution in [-0.2, 0) is 27.6 Å². The van der Waals surface area contributed by atoms with Crippen LogP contribution in [-0.4, -0.2) is 68.6 Å². The first-order chi connectivity index (χ1) is 23.6. The minimum Gasteiger partial charge on any atom is -0.598 e. The number of ether oxygens (including phenoxy) is 2. The van der Waals surface area contributed by atoms with E-state index >= 15 is 0 Å². The SMILES string of the molecule is CC(C)(C)[S+]([O-])N[C@@H](COC(C)(C)C(F)(F)F)c1nc2cc([C@H](N3C(=O)c4ccccc4C3=O)C3(C#N)CC3)ccc2n1COCC[Si](C)(C)C. The smallest absolute Gasteiger partial charge is 0.416 e. The molecule has 2 aliphatic rings. The number of aromatic nitrogens is 2. The van der Waals surface area contributed by atoms with Crippen LogP contribution in [0, 0.1) is 16.7 Å². The molecule has 2 amide bonds. The standard InChI is InChI=1S/C36H46F3N5O5SSi/c1-33(2,3)50(47)42-27(20-49-34(4,5)36(37,38)39)30-41-26-19-23(13-14-28(26)43(30)22-48-17-18-51(6,7)8)29(35(21-40)15-16-35)44-31(45)24-11-9-10-12-25(24)32(44)46/h9-14,19,27,29,42H,15-18,20,22H2,1-8H3/t27-,29-,50?/m0/s1. The third-order valence-corrected chi connectivity index (χ3v) is 12.7. The molecule has 0 bridgehead atoms. The molecule has 1 aromatic heterocycles. The summed E-state index contributed by atoms with van der Waals surface area (Å²) in [5, 5.41) is 10.3. The van der Waals surface area contributed by atoms with Gasteiger partial charge in [-0.2, -0.15) is 18.4 Å². The van der Waals surface area contributed by atoms with E-state index in [4.69, 9.17) is 14.5 Å². The third kappa shape index (κ3) is 8.06. The average Bonchev–Trinajstić information content (AvgIpc) is 3.69. The van der Waals surface area contributed by atoms with Crippen molar-refractivity contribution < 1.29 is 36.8 Å². The van der Waals surface area contributed by atoms with Gasteiger partial charge in [0.15, 0.2) is 5.60 Å². The molecule has 1 saturated carbocycles. The van der Waals surface area contributed by atoms with Gasteiger partial charge >= 0.3 is 6.18 Å². The molecule has 3 aromatic rings. The summed E-state index contributed by atoms with van der Waals surface area (Å²) in [6.45, 7) is 13.7. The topological polar surface area (TPSA) is 133 Å². The molecule has 3 atom stereocenters. The Balaban J connectivity index is 1.61. The first kappa shape index (κ1) is 39.0. The Morgan fingerprint density at radius 3 is 2.18 bits per heavy atom. The Kier molecular flexibility index (Phi) is 10.7. The number of halogens is 3. The number of amides is 2. The molecule has 0 radical (unpaired) electrons. The fraction of sp³-hybridized carbons (Fsp3) is 0.556. The van der Waals surface area contributed by atoms with Crippen molar-refractivity contribution in [2.75, 3.05) is 13.2 Å².